The molecule has 0 saturated carbocycles. The van der Waals surface area contributed by atoms with E-state index in [1.807, 2.05) is 25.1 Å². The maximum atomic E-state index is 12.4. The number of benzene rings is 1. The van der Waals surface area contributed by atoms with E-state index < -0.39 is 10.0 Å². The van der Waals surface area contributed by atoms with Crippen LogP contribution in [0.1, 0.15) is 30.5 Å². The smallest absolute Gasteiger partial charge is 0.271 e. The van der Waals surface area contributed by atoms with Gasteiger partial charge in [0.1, 0.15) is 4.21 Å². The van der Waals surface area contributed by atoms with Crippen molar-refractivity contribution < 1.29 is 8.42 Å². The lowest BCUT2D eigenvalue weighted by molar-refractivity contribution is 0.603. The quantitative estimate of drug-likeness (QED) is 0.804. The number of hydrogen-bond donors (Lipinski definition) is 1. The molecule has 2 aromatic rings. The van der Waals surface area contributed by atoms with E-state index in [1.165, 1.54) is 22.5 Å². The van der Waals surface area contributed by atoms with Gasteiger partial charge in [0.15, 0.2) is 0 Å². The Morgan fingerprint density at radius 1 is 1.14 bits per heavy atom. The number of anilines is 1. The van der Waals surface area contributed by atoms with E-state index in [1.54, 1.807) is 6.07 Å². The lowest BCUT2D eigenvalue weighted by Gasteiger charge is -2.10. The van der Waals surface area contributed by atoms with E-state index >= 15 is 0 Å². The fraction of sp³-hybridized carbons (Fsp3) is 0.333. The lowest BCUT2D eigenvalue weighted by atomic mass is 10.0. The number of rotatable bonds is 5. The van der Waals surface area contributed by atoms with Gasteiger partial charge in [-0.2, -0.15) is 0 Å². The third-order valence-electron chi connectivity index (χ3n) is 3.32. The summed E-state index contributed by atoms with van der Waals surface area (Å²) in [6.45, 7) is 6.06. The van der Waals surface area contributed by atoms with Crippen LogP contribution in [0.4, 0.5) is 5.69 Å². The molecule has 0 aliphatic rings. The summed E-state index contributed by atoms with van der Waals surface area (Å²) in [5.74, 6) is 0. The van der Waals surface area contributed by atoms with Crippen molar-refractivity contribution in [2.75, 3.05) is 4.72 Å². The molecule has 0 fully saturated rings. The summed E-state index contributed by atoms with van der Waals surface area (Å²) in [7, 11) is -3.52. The number of nitrogens with one attached hydrogen (secondary N) is 1. The van der Waals surface area contributed by atoms with Gasteiger partial charge in [0, 0.05) is 5.69 Å². The summed E-state index contributed by atoms with van der Waals surface area (Å²) in [5.41, 5.74) is 3.98. The molecule has 114 valence electrons. The molecular formula is C15H18BrNO2S2. The highest BCUT2D eigenvalue weighted by Crippen LogP contribution is 2.31. The van der Waals surface area contributed by atoms with Gasteiger partial charge in [0.25, 0.3) is 10.0 Å². The molecule has 2 rings (SSSR count). The van der Waals surface area contributed by atoms with Crippen LogP contribution >= 0.6 is 27.3 Å². The number of halogens is 1. The molecule has 0 spiro atoms. The van der Waals surface area contributed by atoms with Crippen molar-refractivity contribution in [3.63, 3.8) is 0 Å². The molecule has 1 N–H and O–H groups in total. The Hall–Kier alpha value is -0.850. The van der Waals surface area contributed by atoms with E-state index in [9.17, 15) is 8.42 Å². The molecule has 0 saturated heterocycles. The van der Waals surface area contributed by atoms with E-state index in [-0.39, 0.29) is 0 Å². The third-order valence-corrected chi connectivity index (χ3v) is 7.31. The second kappa shape index (κ2) is 6.50. The minimum atomic E-state index is -3.52. The molecule has 1 heterocycles. The Balaban J connectivity index is 2.32. The Morgan fingerprint density at radius 3 is 2.33 bits per heavy atom. The first-order valence-electron chi connectivity index (χ1n) is 6.78. The molecule has 6 heteroatoms. The van der Waals surface area contributed by atoms with E-state index in [0.29, 0.717) is 9.90 Å². The third kappa shape index (κ3) is 3.67. The minimum absolute atomic E-state index is 0.324. The van der Waals surface area contributed by atoms with Gasteiger partial charge in [0.2, 0.25) is 0 Å². The number of thiophene rings is 1. The molecule has 0 unspecified atom stereocenters. The lowest BCUT2D eigenvalue weighted by Crippen LogP contribution is -2.12. The second-order valence-corrected chi connectivity index (χ2v) is 9.10. The zero-order valence-corrected chi connectivity index (χ0v) is 15.5. The van der Waals surface area contributed by atoms with Gasteiger partial charge in [-0.15, -0.1) is 11.3 Å². The highest BCUT2D eigenvalue weighted by molar-refractivity contribution is 9.11. The van der Waals surface area contributed by atoms with Gasteiger partial charge in [-0.3, -0.25) is 4.72 Å². The predicted octanol–water partition coefficient (Wildman–Crippen LogP) is 4.74. The van der Waals surface area contributed by atoms with Crippen LogP contribution in [0.3, 0.4) is 0 Å². The van der Waals surface area contributed by atoms with Gasteiger partial charge in [-0.05, 0) is 70.6 Å². The Bertz CT molecular complexity index is 732. The van der Waals surface area contributed by atoms with Crippen molar-refractivity contribution in [1.29, 1.82) is 0 Å². The van der Waals surface area contributed by atoms with Gasteiger partial charge in [-0.25, -0.2) is 8.42 Å². The molecule has 0 radical (unpaired) electrons. The number of hydrogen-bond acceptors (Lipinski definition) is 3. The van der Waals surface area contributed by atoms with Gasteiger partial charge >= 0.3 is 0 Å². The monoisotopic (exact) mass is 387 g/mol. The molecule has 21 heavy (non-hydrogen) atoms. The first-order chi connectivity index (χ1) is 9.87. The van der Waals surface area contributed by atoms with Crippen LogP contribution in [0.25, 0.3) is 0 Å². The average molecular weight is 388 g/mol. The van der Waals surface area contributed by atoms with Crippen molar-refractivity contribution in [2.24, 2.45) is 0 Å². The fourth-order valence-corrected chi connectivity index (χ4v) is 5.41. The molecule has 0 aliphatic heterocycles. The van der Waals surface area contributed by atoms with Crippen LogP contribution in [-0.4, -0.2) is 8.42 Å². The minimum Gasteiger partial charge on any atom is -0.279 e. The van der Waals surface area contributed by atoms with E-state index in [0.717, 1.165) is 22.2 Å². The zero-order valence-electron chi connectivity index (χ0n) is 12.2. The van der Waals surface area contributed by atoms with Crippen LogP contribution in [0.5, 0.6) is 0 Å². The van der Waals surface area contributed by atoms with E-state index in [4.69, 9.17) is 0 Å². The van der Waals surface area contributed by atoms with Gasteiger partial charge < -0.3 is 0 Å². The highest BCUT2D eigenvalue weighted by Gasteiger charge is 2.18. The van der Waals surface area contributed by atoms with Crippen molar-refractivity contribution >= 4 is 43.0 Å². The maximum Gasteiger partial charge on any atom is 0.271 e. The molecule has 0 amide bonds. The second-order valence-electron chi connectivity index (χ2n) is 4.82. The average Bonchev–Trinajstić information content (AvgIpc) is 2.79. The summed E-state index contributed by atoms with van der Waals surface area (Å²) in [6, 6.07) is 7.42. The first-order valence-corrected chi connectivity index (χ1v) is 9.87. The summed E-state index contributed by atoms with van der Waals surface area (Å²) in [6.07, 6.45) is 1.84. The van der Waals surface area contributed by atoms with Crippen LogP contribution < -0.4 is 4.72 Å². The number of sulfonamides is 1. The van der Waals surface area contributed by atoms with Crippen molar-refractivity contribution in [1.82, 2.24) is 0 Å². The van der Waals surface area contributed by atoms with Crippen molar-refractivity contribution in [3.05, 3.63) is 44.7 Å². The molecule has 0 bridgehead atoms. The molecule has 1 aromatic carbocycles. The molecule has 0 atom stereocenters. The normalized spacial score (nSPS) is 11.6. The summed E-state index contributed by atoms with van der Waals surface area (Å²) >= 11 is 4.59. The van der Waals surface area contributed by atoms with Crippen LogP contribution in [0.2, 0.25) is 0 Å². The maximum absolute atomic E-state index is 12.4. The van der Waals surface area contributed by atoms with Crippen molar-refractivity contribution in [2.45, 2.75) is 37.8 Å². The Morgan fingerprint density at radius 2 is 1.81 bits per heavy atom. The van der Waals surface area contributed by atoms with E-state index in [2.05, 4.69) is 34.5 Å². The van der Waals surface area contributed by atoms with Gasteiger partial charge in [0.05, 0.1) is 3.79 Å². The number of aryl methyl sites for hydroxylation is 3. The predicted molar refractivity (Wildman–Crippen MR) is 92.8 cm³/mol. The SMILES string of the molecule is CCc1ccc(NS(=O)(=O)c2cc(C)c(Br)s2)cc1CC. The Kier molecular flexibility index (Phi) is 5.11. The summed E-state index contributed by atoms with van der Waals surface area (Å²) < 4.78 is 28.6. The molecule has 1 aromatic heterocycles. The molecular weight excluding hydrogens is 370 g/mol. The molecule has 3 nitrogen and oxygen atoms in total. The van der Waals surface area contributed by atoms with Crippen LogP contribution in [0, 0.1) is 6.92 Å². The highest BCUT2D eigenvalue weighted by atomic mass is 79.9. The summed E-state index contributed by atoms with van der Waals surface area (Å²) in [4.78, 5) is 0. The Labute approximate surface area is 138 Å². The summed E-state index contributed by atoms with van der Waals surface area (Å²) in [5, 5.41) is 0. The largest absolute Gasteiger partial charge is 0.279 e. The van der Waals surface area contributed by atoms with Crippen molar-refractivity contribution in [3.8, 4) is 0 Å². The standard InChI is InChI=1S/C15H18BrNO2S2/c1-4-11-6-7-13(9-12(11)5-2)17-21(18,19)14-8-10(3)15(16)20-14/h6-9,17H,4-5H2,1-3H3. The topological polar surface area (TPSA) is 46.2 Å². The fourth-order valence-electron chi connectivity index (χ4n) is 2.13. The van der Waals surface area contributed by atoms with Crippen LogP contribution in [-0.2, 0) is 22.9 Å². The first kappa shape index (κ1) is 16.5. The zero-order chi connectivity index (χ0) is 15.6. The molecule has 0 aliphatic carbocycles. The van der Waals surface area contributed by atoms with Crippen LogP contribution in [0.15, 0.2) is 32.3 Å². The van der Waals surface area contributed by atoms with Gasteiger partial charge in [-0.1, -0.05) is 19.9 Å².